The first-order valence-electron chi connectivity index (χ1n) is 6.69. The molecule has 1 amide bonds. The highest BCUT2D eigenvalue weighted by molar-refractivity contribution is 5.93. The Morgan fingerprint density at radius 1 is 1.10 bits per heavy atom. The molecular weight excluding hydrogens is 262 g/mol. The molecule has 0 fully saturated rings. The quantitative estimate of drug-likeness (QED) is 0.770. The second kappa shape index (κ2) is 5.63. The summed E-state index contributed by atoms with van der Waals surface area (Å²) in [7, 11) is 0. The first kappa shape index (κ1) is 13.1. The maximum atomic E-state index is 11.2. The lowest BCUT2D eigenvalue weighted by atomic mass is 10.1. The van der Waals surface area contributed by atoms with Gasteiger partial charge in [-0.2, -0.15) is 0 Å². The molecule has 0 atom stereocenters. The van der Waals surface area contributed by atoms with Gasteiger partial charge in [0, 0.05) is 35.6 Å². The smallest absolute Gasteiger partial charge is 0.248 e. The van der Waals surface area contributed by atoms with E-state index < -0.39 is 5.91 Å². The molecule has 0 saturated heterocycles. The molecule has 3 aromatic rings. The highest BCUT2D eigenvalue weighted by Crippen LogP contribution is 2.18. The summed E-state index contributed by atoms with van der Waals surface area (Å²) in [6, 6.07) is 15.3. The lowest BCUT2D eigenvalue weighted by molar-refractivity contribution is 0.100. The van der Waals surface area contributed by atoms with Crippen molar-refractivity contribution in [2.75, 3.05) is 5.32 Å². The minimum atomic E-state index is -0.425. The molecule has 3 N–H and O–H groups in total. The van der Waals surface area contributed by atoms with Gasteiger partial charge in [0.1, 0.15) is 0 Å². The number of carbonyl (C=O) groups is 1. The fourth-order valence-corrected chi connectivity index (χ4v) is 2.30. The van der Waals surface area contributed by atoms with Crippen LogP contribution in [-0.2, 0) is 6.54 Å². The van der Waals surface area contributed by atoms with Crippen molar-refractivity contribution < 1.29 is 4.79 Å². The molecule has 4 heteroatoms. The van der Waals surface area contributed by atoms with Gasteiger partial charge in [0.05, 0.1) is 0 Å². The predicted octanol–water partition coefficient (Wildman–Crippen LogP) is 2.95. The lowest BCUT2D eigenvalue weighted by Gasteiger charge is -2.09. The number of rotatable bonds is 4. The fourth-order valence-electron chi connectivity index (χ4n) is 2.30. The van der Waals surface area contributed by atoms with E-state index in [1.807, 2.05) is 42.7 Å². The van der Waals surface area contributed by atoms with Crippen LogP contribution in [0.15, 0.2) is 60.9 Å². The number of carbonyl (C=O) groups excluding carboxylic acids is 1. The van der Waals surface area contributed by atoms with Gasteiger partial charge >= 0.3 is 0 Å². The van der Waals surface area contributed by atoms with Gasteiger partial charge in [0.2, 0.25) is 5.91 Å². The molecule has 0 saturated carbocycles. The Morgan fingerprint density at radius 2 is 1.95 bits per heavy atom. The Labute approximate surface area is 122 Å². The Balaban J connectivity index is 1.84. The molecule has 0 spiro atoms. The second-order valence-corrected chi connectivity index (χ2v) is 4.82. The van der Waals surface area contributed by atoms with Crippen LogP contribution in [0.1, 0.15) is 15.9 Å². The number of nitrogens with two attached hydrogens (primary N) is 1. The zero-order valence-corrected chi connectivity index (χ0v) is 11.4. The van der Waals surface area contributed by atoms with Gasteiger partial charge < -0.3 is 11.1 Å². The molecule has 3 rings (SSSR count). The summed E-state index contributed by atoms with van der Waals surface area (Å²) in [6.45, 7) is 0.635. The summed E-state index contributed by atoms with van der Waals surface area (Å²) in [5.74, 6) is -0.425. The largest absolute Gasteiger partial charge is 0.381 e. The summed E-state index contributed by atoms with van der Waals surface area (Å²) >= 11 is 0. The Kier molecular flexibility index (Phi) is 3.51. The molecule has 0 aliphatic heterocycles. The van der Waals surface area contributed by atoms with E-state index in [0.29, 0.717) is 12.1 Å². The highest BCUT2D eigenvalue weighted by Gasteiger charge is 2.03. The van der Waals surface area contributed by atoms with Crippen molar-refractivity contribution in [1.29, 1.82) is 0 Å². The second-order valence-electron chi connectivity index (χ2n) is 4.82. The molecule has 0 aliphatic carbocycles. The van der Waals surface area contributed by atoms with Crippen molar-refractivity contribution in [3.05, 3.63) is 72.1 Å². The highest BCUT2D eigenvalue weighted by atomic mass is 16.1. The van der Waals surface area contributed by atoms with E-state index in [4.69, 9.17) is 5.73 Å². The molecule has 1 aromatic heterocycles. The standard InChI is InChI=1S/C17H15N3O/c18-17(21)12-5-3-6-15(8-12)20-11-14-10-19-9-13-4-1-2-7-16(13)14/h1-10,20H,11H2,(H2,18,21). The molecule has 2 aromatic carbocycles. The Hall–Kier alpha value is -2.88. The zero-order chi connectivity index (χ0) is 14.7. The summed E-state index contributed by atoms with van der Waals surface area (Å²) in [5, 5.41) is 5.59. The summed E-state index contributed by atoms with van der Waals surface area (Å²) in [4.78, 5) is 15.4. The van der Waals surface area contributed by atoms with Crippen LogP contribution < -0.4 is 11.1 Å². The first-order valence-corrected chi connectivity index (χ1v) is 6.69. The van der Waals surface area contributed by atoms with Crippen molar-refractivity contribution in [2.24, 2.45) is 5.73 Å². The van der Waals surface area contributed by atoms with Gasteiger partial charge in [-0.05, 0) is 29.1 Å². The molecule has 1 heterocycles. The number of nitrogens with one attached hydrogen (secondary N) is 1. The number of amides is 1. The fraction of sp³-hybridized carbons (Fsp3) is 0.0588. The van der Waals surface area contributed by atoms with Crippen LogP contribution >= 0.6 is 0 Å². The van der Waals surface area contributed by atoms with Crippen LogP contribution in [0.3, 0.4) is 0 Å². The minimum Gasteiger partial charge on any atom is -0.381 e. The van der Waals surface area contributed by atoms with E-state index in [0.717, 1.165) is 16.6 Å². The maximum absolute atomic E-state index is 11.2. The van der Waals surface area contributed by atoms with Crippen LogP contribution in [0.25, 0.3) is 10.8 Å². The molecular formula is C17H15N3O. The maximum Gasteiger partial charge on any atom is 0.248 e. The van der Waals surface area contributed by atoms with Crippen molar-refractivity contribution >= 4 is 22.4 Å². The Morgan fingerprint density at radius 3 is 2.81 bits per heavy atom. The third kappa shape index (κ3) is 2.84. The van der Waals surface area contributed by atoms with Crippen molar-refractivity contribution in [1.82, 2.24) is 4.98 Å². The zero-order valence-electron chi connectivity index (χ0n) is 11.4. The van der Waals surface area contributed by atoms with Crippen molar-refractivity contribution in [2.45, 2.75) is 6.54 Å². The molecule has 21 heavy (non-hydrogen) atoms. The summed E-state index contributed by atoms with van der Waals surface area (Å²) < 4.78 is 0. The third-order valence-electron chi connectivity index (χ3n) is 3.38. The van der Waals surface area contributed by atoms with Gasteiger partial charge in [0.15, 0.2) is 0 Å². The molecule has 0 unspecified atom stereocenters. The van der Waals surface area contributed by atoms with Crippen molar-refractivity contribution in [3.8, 4) is 0 Å². The molecule has 4 nitrogen and oxygen atoms in total. The predicted molar refractivity (Wildman–Crippen MR) is 84.0 cm³/mol. The van der Waals surface area contributed by atoms with Crippen LogP contribution in [-0.4, -0.2) is 10.9 Å². The average molecular weight is 277 g/mol. The lowest BCUT2D eigenvalue weighted by Crippen LogP contribution is -2.11. The number of fused-ring (bicyclic) bond motifs is 1. The number of nitrogens with zero attached hydrogens (tertiary/aromatic N) is 1. The monoisotopic (exact) mass is 277 g/mol. The van der Waals surface area contributed by atoms with E-state index >= 15 is 0 Å². The average Bonchev–Trinajstić information content (AvgIpc) is 2.53. The number of hydrogen-bond acceptors (Lipinski definition) is 3. The van der Waals surface area contributed by atoms with Gasteiger partial charge in [-0.1, -0.05) is 30.3 Å². The third-order valence-corrected chi connectivity index (χ3v) is 3.38. The van der Waals surface area contributed by atoms with E-state index in [9.17, 15) is 4.79 Å². The molecule has 0 radical (unpaired) electrons. The van der Waals surface area contributed by atoms with Gasteiger partial charge in [-0.25, -0.2) is 0 Å². The SMILES string of the molecule is NC(=O)c1cccc(NCc2cncc3ccccc23)c1. The van der Waals surface area contributed by atoms with Crippen LogP contribution in [0, 0.1) is 0 Å². The normalized spacial score (nSPS) is 10.5. The topological polar surface area (TPSA) is 68.0 Å². The van der Waals surface area contributed by atoms with Gasteiger partial charge in [-0.3, -0.25) is 9.78 Å². The number of pyridine rings is 1. The van der Waals surface area contributed by atoms with Gasteiger partial charge in [0.25, 0.3) is 0 Å². The number of hydrogen-bond donors (Lipinski definition) is 2. The van der Waals surface area contributed by atoms with E-state index in [1.165, 1.54) is 5.39 Å². The molecule has 0 bridgehead atoms. The minimum absolute atomic E-state index is 0.425. The van der Waals surface area contributed by atoms with Gasteiger partial charge in [-0.15, -0.1) is 0 Å². The number of anilines is 1. The summed E-state index contributed by atoms with van der Waals surface area (Å²) in [6.07, 6.45) is 3.71. The molecule has 104 valence electrons. The van der Waals surface area contributed by atoms with Crippen LogP contribution in [0.5, 0.6) is 0 Å². The Bertz CT molecular complexity index is 793. The number of primary amides is 1. The van der Waals surface area contributed by atoms with E-state index in [-0.39, 0.29) is 0 Å². The summed E-state index contributed by atoms with van der Waals surface area (Å²) in [5.41, 5.74) is 7.75. The van der Waals surface area contributed by atoms with Crippen LogP contribution in [0.4, 0.5) is 5.69 Å². The van der Waals surface area contributed by atoms with E-state index in [1.54, 1.807) is 12.1 Å². The van der Waals surface area contributed by atoms with Crippen molar-refractivity contribution in [3.63, 3.8) is 0 Å². The number of aromatic nitrogens is 1. The first-order chi connectivity index (χ1) is 10.2. The number of benzene rings is 2. The van der Waals surface area contributed by atoms with Crippen LogP contribution in [0.2, 0.25) is 0 Å². The molecule has 0 aliphatic rings. The van der Waals surface area contributed by atoms with E-state index in [2.05, 4.69) is 16.4 Å².